The molecule has 0 bridgehead atoms. The lowest BCUT2D eigenvalue weighted by Crippen LogP contribution is -2.49. The lowest BCUT2D eigenvalue weighted by atomic mass is 9.48. The van der Waals surface area contributed by atoms with E-state index < -0.39 is 0 Å². The topological polar surface area (TPSA) is 17.1 Å². The van der Waals surface area contributed by atoms with Crippen LogP contribution in [0.25, 0.3) is 0 Å². The third kappa shape index (κ3) is 1.80. The lowest BCUT2D eigenvalue weighted by molar-refractivity contribution is -0.122. The Morgan fingerprint density at radius 1 is 1.09 bits per heavy atom. The zero-order valence-corrected chi connectivity index (χ0v) is 14.5. The maximum absolute atomic E-state index is 11.9. The molecule has 4 aliphatic rings. The molecule has 0 aromatic heterocycles. The van der Waals surface area contributed by atoms with Gasteiger partial charge < -0.3 is 0 Å². The number of carbonyl (C=O) groups excluding carboxylic acids is 1. The van der Waals surface area contributed by atoms with E-state index in [2.05, 4.69) is 32.9 Å². The van der Waals surface area contributed by atoms with Crippen molar-refractivity contribution in [2.24, 2.45) is 28.6 Å². The first kappa shape index (κ1) is 14.7. The average Bonchev–Trinajstić information content (AvgIpc) is 2.84. The Kier molecular flexibility index (Phi) is 3.23. The van der Waals surface area contributed by atoms with E-state index in [1.54, 1.807) is 5.57 Å². The van der Waals surface area contributed by atoms with Crippen LogP contribution in [0, 0.1) is 28.6 Å². The number of hydrogen-bond donors (Lipinski definition) is 0. The van der Waals surface area contributed by atoms with Crippen molar-refractivity contribution in [2.75, 3.05) is 0 Å². The largest absolute Gasteiger partial charge is 0.299 e. The van der Waals surface area contributed by atoms with Gasteiger partial charge >= 0.3 is 0 Å². The summed E-state index contributed by atoms with van der Waals surface area (Å²) in [5.41, 5.74) is 4.03. The van der Waals surface area contributed by atoms with Crippen LogP contribution in [0.5, 0.6) is 0 Å². The molecule has 5 atom stereocenters. The second kappa shape index (κ2) is 4.82. The molecule has 4 rings (SSSR count). The molecule has 0 aromatic rings. The minimum absolute atomic E-state index is 0.330. The van der Waals surface area contributed by atoms with Gasteiger partial charge in [-0.1, -0.05) is 37.1 Å². The van der Waals surface area contributed by atoms with E-state index in [1.807, 2.05) is 0 Å². The van der Waals surface area contributed by atoms with E-state index >= 15 is 0 Å². The molecule has 0 spiro atoms. The van der Waals surface area contributed by atoms with Crippen LogP contribution < -0.4 is 0 Å². The van der Waals surface area contributed by atoms with Gasteiger partial charge in [-0.3, -0.25) is 4.79 Å². The van der Waals surface area contributed by atoms with Gasteiger partial charge in [0.15, 0.2) is 0 Å². The Hall–Kier alpha value is -0.850. The summed E-state index contributed by atoms with van der Waals surface area (Å²) in [5, 5.41) is 0. The monoisotopic (exact) mass is 298 g/mol. The molecule has 1 heteroatoms. The van der Waals surface area contributed by atoms with Gasteiger partial charge in [-0.2, -0.15) is 0 Å². The zero-order chi connectivity index (χ0) is 15.5. The SMILES string of the molecule is C/C=C1/CCC2C3CC=C4CC(=O)CC[C@]4(C)C3CC[C@]12C. The maximum Gasteiger partial charge on any atom is 0.136 e. The summed E-state index contributed by atoms with van der Waals surface area (Å²) < 4.78 is 0. The van der Waals surface area contributed by atoms with Crippen molar-refractivity contribution in [3.05, 3.63) is 23.3 Å². The van der Waals surface area contributed by atoms with Crippen molar-refractivity contribution < 1.29 is 4.79 Å². The summed E-state index contributed by atoms with van der Waals surface area (Å²) in [6.07, 6.45) is 14.3. The van der Waals surface area contributed by atoms with Crippen molar-refractivity contribution in [3.8, 4) is 0 Å². The Morgan fingerprint density at radius 3 is 2.64 bits per heavy atom. The first-order chi connectivity index (χ1) is 10.5. The average molecular weight is 298 g/mol. The van der Waals surface area contributed by atoms with Gasteiger partial charge in [0.05, 0.1) is 0 Å². The minimum atomic E-state index is 0.330. The summed E-state index contributed by atoms with van der Waals surface area (Å²) >= 11 is 0. The van der Waals surface area contributed by atoms with E-state index in [0.29, 0.717) is 16.6 Å². The summed E-state index contributed by atoms with van der Waals surface area (Å²) in [4.78, 5) is 11.9. The number of hydrogen-bond acceptors (Lipinski definition) is 1. The van der Waals surface area contributed by atoms with Crippen molar-refractivity contribution in [3.63, 3.8) is 0 Å². The van der Waals surface area contributed by atoms with Crippen LogP contribution in [-0.2, 0) is 4.79 Å². The highest BCUT2D eigenvalue weighted by Crippen LogP contribution is 2.65. The zero-order valence-electron chi connectivity index (χ0n) is 14.5. The molecule has 0 saturated heterocycles. The minimum Gasteiger partial charge on any atom is -0.299 e. The van der Waals surface area contributed by atoms with E-state index in [-0.39, 0.29) is 0 Å². The molecule has 120 valence electrons. The Balaban J connectivity index is 1.70. The quantitative estimate of drug-likeness (QED) is 0.542. The number of carbonyl (C=O) groups is 1. The molecule has 4 aliphatic carbocycles. The van der Waals surface area contributed by atoms with Crippen LogP contribution in [0.4, 0.5) is 0 Å². The molecule has 0 aliphatic heterocycles. The fourth-order valence-electron chi connectivity index (χ4n) is 6.80. The molecule has 0 radical (unpaired) electrons. The van der Waals surface area contributed by atoms with Crippen LogP contribution in [0.2, 0.25) is 0 Å². The standard InChI is InChI=1S/C21H30O/c1-4-14-6-8-18-17-7-5-15-13-16(22)9-11-21(15,3)19(17)10-12-20(14,18)2/h4-5,17-19H,6-13H2,1-3H3/b14-4-/t17?,18?,19?,20-,21+/m1/s1. The van der Waals surface area contributed by atoms with Gasteiger partial charge in [0.1, 0.15) is 5.78 Å². The second-order valence-electron chi connectivity index (χ2n) is 8.78. The molecule has 0 aromatic carbocycles. The summed E-state index contributed by atoms with van der Waals surface area (Å²) in [7, 11) is 0. The summed E-state index contributed by atoms with van der Waals surface area (Å²) in [6.45, 7) is 7.26. The third-order valence-corrected chi connectivity index (χ3v) is 8.13. The number of allylic oxidation sites excluding steroid dienone is 4. The first-order valence-corrected chi connectivity index (χ1v) is 9.36. The Morgan fingerprint density at radius 2 is 1.86 bits per heavy atom. The van der Waals surface area contributed by atoms with Gasteiger partial charge in [-0.05, 0) is 74.0 Å². The van der Waals surface area contributed by atoms with Crippen LogP contribution in [-0.4, -0.2) is 5.78 Å². The fourth-order valence-corrected chi connectivity index (χ4v) is 6.80. The van der Waals surface area contributed by atoms with E-state index in [1.165, 1.54) is 37.7 Å². The van der Waals surface area contributed by atoms with Gasteiger partial charge in [0.2, 0.25) is 0 Å². The highest BCUT2D eigenvalue weighted by Gasteiger charge is 2.56. The molecule has 3 saturated carbocycles. The van der Waals surface area contributed by atoms with Crippen molar-refractivity contribution >= 4 is 5.78 Å². The molecule has 1 nitrogen and oxygen atoms in total. The van der Waals surface area contributed by atoms with Crippen LogP contribution in [0.15, 0.2) is 23.3 Å². The molecule has 3 unspecified atom stereocenters. The van der Waals surface area contributed by atoms with Crippen LogP contribution >= 0.6 is 0 Å². The van der Waals surface area contributed by atoms with E-state index in [0.717, 1.165) is 37.0 Å². The lowest BCUT2D eigenvalue weighted by Gasteiger charge is -2.56. The van der Waals surface area contributed by atoms with Crippen molar-refractivity contribution in [2.45, 2.75) is 72.1 Å². The normalized spacial score (nSPS) is 49.4. The smallest absolute Gasteiger partial charge is 0.136 e. The fraction of sp³-hybridized carbons (Fsp3) is 0.762. The molecular formula is C21H30O. The predicted molar refractivity (Wildman–Crippen MR) is 90.5 cm³/mol. The van der Waals surface area contributed by atoms with Crippen LogP contribution in [0.3, 0.4) is 0 Å². The Bertz CT molecular complexity index is 568. The summed E-state index contributed by atoms with van der Waals surface area (Å²) in [6, 6.07) is 0. The van der Waals surface area contributed by atoms with Gasteiger partial charge in [0, 0.05) is 12.8 Å². The molecular weight excluding hydrogens is 268 g/mol. The number of Topliss-reactive ketones (excluding diaryl/α,β-unsaturated/α-hetero) is 1. The maximum atomic E-state index is 11.9. The van der Waals surface area contributed by atoms with Crippen LogP contribution in [0.1, 0.15) is 72.1 Å². The van der Waals surface area contributed by atoms with Gasteiger partial charge in [-0.15, -0.1) is 0 Å². The number of ketones is 1. The van der Waals surface area contributed by atoms with Crippen molar-refractivity contribution in [1.29, 1.82) is 0 Å². The van der Waals surface area contributed by atoms with E-state index in [4.69, 9.17) is 0 Å². The van der Waals surface area contributed by atoms with Gasteiger partial charge in [-0.25, -0.2) is 0 Å². The molecule has 0 heterocycles. The van der Waals surface area contributed by atoms with Crippen molar-refractivity contribution in [1.82, 2.24) is 0 Å². The molecule has 0 amide bonds. The predicted octanol–water partition coefficient (Wildman–Crippen LogP) is 5.46. The third-order valence-electron chi connectivity index (χ3n) is 8.13. The number of fused-ring (bicyclic) bond motifs is 5. The molecule has 3 fully saturated rings. The summed E-state index contributed by atoms with van der Waals surface area (Å²) in [5.74, 6) is 3.04. The second-order valence-corrected chi connectivity index (χ2v) is 8.78. The first-order valence-electron chi connectivity index (χ1n) is 9.36. The Labute approximate surface area is 135 Å². The highest BCUT2D eigenvalue weighted by molar-refractivity contribution is 5.82. The molecule has 0 N–H and O–H groups in total. The van der Waals surface area contributed by atoms with Gasteiger partial charge in [0.25, 0.3) is 0 Å². The highest BCUT2D eigenvalue weighted by atomic mass is 16.1. The van der Waals surface area contributed by atoms with E-state index in [9.17, 15) is 4.79 Å². The number of rotatable bonds is 0. The molecule has 22 heavy (non-hydrogen) atoms.